The Kier molecular flexibility index (Phi) is 3.94. The van der Waals surface area contributed by atoms with E-state index in [0.29, 0.717) is 17.1 Å². The number of rotatable bonds is 4. The Balaban J connectivity index is 1.95. The van der Waals surface area contributed by atoms with Crippen LogP contribution in [0.2, 0.25) is 0 Å². The van der Waals surface area contributed by atoms with E-state index in [-0.39, 0.29) is 5.91 Å². The zero-order valence-electron chi connectivity index (χ0n) is 10.2. The molecule has 0 fully saturated rings. The van der Waals surface area contributed by atoms with Crippen molar-refractivity contribution in [3.8, 4) is 0 Å². The number of carbonyl (C=O) groups is 1. The average molecular weight is 261 g/mol. The van der Waals surface area contributed by atoms with Crippen molar-refractivity contribution < 1.29 is 4.79 Å². The molecule has 5 heteroatoms. The number of hydrogen-bond donors (Lipinski definition) is 1. The van der Waals surface area contributed by atoms with Gasteiger partial charge in [0.05, 0.1) is 5.69 Å². The van der Waals surface area contributed by atoms with Crippen LogP contribution in [0.4, 0.5) is 5.69 Å². The van der Waals surface area contributed by atoms with Crippen LogP contribution in [0.3, 0.4) is 0 Å². The molecule has 0 aliphatic carbocycles. The second-order valence-electron chi connectivity index (χ2n) is 4.00. The van der Waals surface area contributed by atoms with Gasteiger partial charge in [0, 0.05) is 31.9 Å². The zero-order chi connectivity index (χ0) is 13.0. The molecule has 0 saturated heterocycles. The second kappa shape index (κ2) is 5.64. The third-order valence-electron chi connectivity index (χ3n) is 2.67. The van der Waals surface area contributed by atoms with Gasteiger partial charge in [0.15, 0.2) is 0 Å². The van der Waals surface area contributed by atoms with Crippen LogP contribution in [0.5, 0.6) is 0 Å². The first kappa shape index (κ1) is 12.6. The number of nitrogen functional groups attached to an aromatic ring is 1. The summed E-state index contributed by atoms with van der Waals surface area (Å²) in [5.74, 6) is -0.0292. The van der Waals surface area contributed by atoms with Crippen LogP contribution >= 0.6 is 11.3 Å². The molecule has 2 heterocycles. The number of amides is 1. The minimum Gasteiger partial charge on any atom is -0.397 e. The molecule has 0 atom stereocenters. The summed E-state index contributed by atoms with van der Waals surface area (Å²) in [5, 5.41) is 1.83. The Morgan fingerprint density at radius 2 is 2.28 bits per heavy atom. The van der Waals surface area contributed by atoms with Crippen LogP contribution in [0.1, 0.15) is 15.4 Å². The smallest absolute Gasteiger partial charge is 0.265 e. The van der Waals surface area contributed by atoms with Crippen LogP contribution in [0.25, 0.3) is 0 Å². The topological polar surface area (TPSA) is 59.2 Å². The van der Waals surface area contributed by atoms with Crippen molar-refractivity contribution in [3.05, 3.63) is 46.4 Å². The highest BCUT2D eigenvalue weighted by Crippen LogP contribution is 2.20. The Hall–Kier alpha value is -1.88. The lowest BCUT2D eigenvalue weighted by atomic mass is 10.2. The molecule has 4 nitrogen and oxygen atoms in total. The summed E-state index contributed by atoms with van der Waals surface area (Å²) >= 11 is 1.38. The number of likely N-dealkylation sites (N-methyl/N-ethyl adjacent to an activating group) is 1. The zero-order valence-corrected chi connectivity index (χ0v) is 11.0. The van der Waals surface area contributed by atoms with Gasteiger partial charge < -0.3 is 10.6 Å². The lowest BCUT2D eigenvalue weighted by Gasteiger charge is -2.16. The first-order valence-electron chi connectivity index (χ1n) is 5.67. The van der Waals surface area contributed by atoms with Crippen molar-refractivity contribution in [2.75, 3.05) is 19.3 Å². The van der Waals surface area contributed by atoms with Crippen molar-refractivity contribution >= 4 is 22.9 Å². The number of anilines is 1. The largest absolute Gasteiger partial charge is 0.397 e. The third kappa shape index (κ3) is 2.87. The molecule has 0 aromatic carbocycles. The predicted octanol–water partition coefficient (Wildman–Crippen LogP) is 2.04. The van der Waals surface area contributed by atoms with Crippen molar-refractivity contribution in [3.63, 3.8) is 0 Å². The summed E-state index contributed by atoms with van der Waals surface area (Å²) < 4.78 is 0. The maximum Gasteiger partial charge on any atom is 0.265 e. The average Bonchev–Trinajstić information content (AvgIpc) is 2.82. The number of aromatic nitrogens is 1. The fraction of sp³-hybridized carbons (Fsp3) is 0.231. The van der Waals surface area contributed by atoms with Crippen molar-refractivity contribution in [1.29, 1.82) is 0 Å². The van der Waals surface area contributed by atoms with Gasteiger partial charge in [-0.25, -0.2) is 0 Å². The van der Waals surface area contributed by atoms with E-state index >= 15 is 0 Å². The molecule has 1 amide bonds. The molecule has 0 unspecified atom stereocenters. The predicted molar refractivity (Wildman–Crippen MR) is 73.6 cm³/mol. The van der Waals surface area contributed by atoms with Gasteiger partial charge in [-0.3, -0.25) is 9.78 Å². The van der Waals surface area contributed by atoms with Gasteiger partial charge in [0.2, 0.25) is 0 Å². The molecule has 0 spiro atoms. The van der Waals surface area contributed by atoms with Gasteiger partial charge >= 0.3 is 0 Å². The molecular weight excluding hydrogens is 246 g/mol. The Labute approximate surface area is 110 Å². The summed E-state index contributed by atoms with van der Waals surface area (Å²) in [5.41, 5.74) is 7.27. The van der Waals surface area contributed by atoms with Gasteiger partial charge in [0.25, 0.3) is 5.91 Å². The van der Waals surface area contributed by atoms with Crippen LogP contribution in [0.15, 0.2) is 35.8 Å². The Morgan fingerprint density at radius 1 is 1.44 bits per heavy atom. The van der Waals surface area contributed by atoms with Crippen LogP contribution in [0, 0.1) is 0 Å². The SMILES string of the molecule is CN(CCc1ccccn1)C(=O)c1sccc1N. The summed E-state index contributed by atoms with van der Waals surface area (Å²) in [6.07, 6.45) is 2.50. The molecule has 0 bridgehead atoms. The van der Waals surface area contributed by atoms with Crippen LogP contribution < -0.4 is 5.73 Å². The fourth-order valence-corrected chi connectivity index (χ4v) is 2.41. The second-order valence-corrected chi connectivity index (χ2v) is 4.92. The van der Waals surface area contributed by atoms with E-state index in [1.807, 2.05) is 23.6 Å². The lowest BCUT2D eigenvalue weighted by molar-refractivity contribution is 0.0802. The van der Waals surface area contributed by atoms with Gasteiger partial charge in [-0.05, 0) is 23.6 Å². The summed E-state index contributed by atoms with van der Waals surface area (Å²) in [7, 11) is 1.78. The highest BCUT2D eigenvalue weighted by atomic mass is 32.1. The van der Waals surface area contributed by atoms with E-state index < -0.39 is 0 Å². The molecular formula is C13H15N3OS. The summed E-state index contributed by atoms with van der Waals surface area (Å²) in [6, 6.07) is 7.54. The molecule has 94 valence electrons. The van der Waals surface area contributed by atoms with Crippen molar-refractivity contribution in [2.45, 2.75) is 6.42 Å². The van der Waals surface area contributed by atoms with Gasteiger partial charge in [0.1, 0.15) is 4.88 Å². The normalized spacial score (nSPS) is 10.3. The van der Waals surface area contributed by atoms with Crippen molar-refractivity contribution in [2.24, 2.45) is 0 Å². The third-order valence-corrected chi connectivity index (χ3v) is 3.58. The minimum absolute atomic E-state index is 0.0292. The molecule has 2 aromatic rings. The molecule has 0 saturated carbocycles. The first-order chi connectivity index (χ1) is 8.68. The van der Waals surface area contributed by atoms with Crippen molar-refractivity contribution in [1.82, 2.24) is 9.88 Å². The lowest BCUT2D eigenvalue weighted by Crippen LogP contribution is -2.28. The van der Waals surface area contributed by atoms with E-state index in [1.54, 1.807) is 24.2 Å². The monoisotopic (exact) mass is 261 g/mol. The quantitative estimate of drug-likeness (QED) is 0.916. The van der Waals surface area contributed by atoms with Crippen LogP contribution in [-0.4, -0.2) is 29.4 Å². The number of nitrogens with two attached hydrogens (primary N) is 1. The fourth-order valence-electron chi connectivity index (χ4n) is 1.60. The molecule has 0 aliphatic heterocycles. The van der Waals surface area contributed by atoms with E-state index in [0.717, 1.165) is 12.1 Å². The molecule has 2 N–H and O–H groups in total. The van der Waals surface area contributed by atoms with Crippen LogP contribution in [-0.2, 0) is 6.42 Å². The standard InChI is InChI=1S/C13H15N3OS/c1-16(8-5-10-4-2-3-7-15-10)13(17)12-11(14)6-9-18-12/h2-4,6-7,9H,5,8,14H2,1H3. The maximum absolute atomic E-state index is 12.1. The Morgan fingerprint density at radius 3 is 2.89 bits per heavy atom. The molecule has 2 rings (SSSR count). The minimum atomic E-state index is -0.0292. The highest BCUT2D eigenvalue weighted by molar-refractivity contribution is 7.12. The number of carbonyl (C=O) groups excluding carboxylic acids is 1. The maximum atomic E-state index is 12.1. The number of nitrogens with zero attached hydrogens (tertiary/aromatic N) is 2. The molecule has 18 heavy (non-hydrogen) atoms. The Bertz CT molecular complexity index is 524. The number of hydrogen-bond acceptors (Lipinski definition) is 4. The van der Waals surface area contributed by atoms with E-state index in [1.165, 1.54) is 11.3 Å². The molecule has 0 radical (unpaired) electrons. The highest BCUT2D eigenvalue weighted by Gasteiger charge is 2.15. The number of thiophene rings is 1. The van der Waals surface area contributed by atoms with E-state index in [2.05, 4.69) is 4.98 Å². The van der Waals surface area contributed by atoms with Gasteiger partial charge in [-0.1, -0.05) is 6.07 Å². The summed E-state index contributed by atoms with van der Waals surface area (Å²) in [6.45, 7) is 0.632. The van der Waals surface area contributed by atoms with Gasteiger partial charge in [-0.2, -0.15) is 0 Å². The molecule has 0 aliphatic rings. The van der Waals surface area contributed by atoms with Gasteiger partial charge in [-0.15, -0.1) is 11.3 Å². The van der Waals surface area contributed by atoms with E-state index in [9.17, 15) is 4.79 Å². The van der Waals surface area contributed by atoms with E-state index in [4.69, 9.17) is 5.73 Å². The summed E-state index contributed by atoms with van der Waals surface area (Å²) in [4.78, 5) is 18.6. The molecule has 2 aromatic heterocycles. The number of pyridine rings is 1. The first-order valence-corrected chi connectivity index (χ1v) is 6.55.